The Morgan fingerprint density at radius 2 is 2.24 bits per heavy atom. The zero-order valence-electron chi connectivity index (χ0n) is 12.1. The first-order chi connectivity index (χ1) is 10.3. The van der Waals surface area contributed by atoms with E-state index >= 15 is 0 Å². The molecule has 1 N–H and O–H groups in total. The lowest BCUT2D eigenvalue weighted by atomic mass is 9.90. The van der Waals surface area contributed by atoms with Crippen molar-refractivity contribution in [2.45, 2.75) is 25.5 Å². The number of benzene rings is 1. The standard InChI is InChI=1S/C17H19FN2O/c1-2-20-16(13-9-14(18)11-19-10-13)17-15-6-4-3-5-12(15)7-8-21-17/h3-6,9-11,16-17,20H,2,7-8H2,1H3. The van der Waals surface area contributed by atoms with Crippen molar-refractivity contribution in [1.29, 1.82) is 0 Å². The second-order valence-corrected chi connectivity index (χ2v) is 5.21. The summed E-state index contributed by atoms with van der Waals surface area (Å²) >= 11 is 0. The molecule has 2 atom stereocenters. The van der Waals surface area contributed by atoms with Gasteiger partial charge in [-0.3, -0.25) is 4.98 Å². The van der Waals surface area contributed by atoms with Crippen LogP contribution in [0.25, 0.3) is 0 Å². The molecule has 2 unspecified atom stereocenters. The number of halogens is 1. The van der Waals surface area contributed by atoms with Gasteiger partial charge in [-0.05, 0) is 35.7 Å². The third kappa shape index (κ3) is 2.96. The zero-order chi connectivity index (χ0) is 14.7. The minimum atomic E-state index is -0.320. The van der Waals surface area contributed by atoms with Gasteiger partial charge in [0, 0.05) is 6.20 Å². The van der Waals surface area contributed by atoms with E-state index in [1.165, 1.54) is 23.4 Å². The van der Waals surface area contributed by atoms with Crippen LogP contribution >= 0.6 is 0 Å². The number of hydrogen-bond acceptors (Lipinski definition) is 3. The molecular formula is C17H19FN2O. The molecule has 0 spiro atoms. The van der Waals surface area contributed by atoms with Crippen LogP contribution in [0.5, 0.6) is 0 Å². The fraction of sp³-hybridized carbons (Fsp3) is 0.353. The molecule has 0 fully saturated rings. The van der Waals surface area contributed by atoms with Gasteiger partial charge in [-0.2, -0.15) is 0 Å². The van der Waals surface area contributed by atoms with Crippen molar-refractivity contribution < 1.29 is 9.13 Å². The fourth-order valence-corrected chi connectivity index (χ4v) is 2.92. The fourth-order valence-electron chi connectivity index (χ4n) is 2.92. The largest absolute Gasteiger partial charge is 0.371 e. The Hall–Kier alpha value is -1.78. The highest BCUT2D eigenvalue weighted by molar-refractivity contribution is 5.34. The number of likely N-dealkylation sites (N-methyl/N-ethyl adjacent to an activating group) is 1. The third-order valence-corrected chi connectivity index (χ3v) is 3.84. The summed E-state index contributed by atoms with van der Waals surface area (Å²) in [6, 6.07) is 9.73. The van der Waals surface area contributed by atoms with Crippen molar-refractivity contribution in [1.82, 2.24) is 10.3 Å². The molecule has 1 aromatic heterocycles. The summed E-state index contributed by atoms with van der Waals surface area (Å²) in [6.07, 6.45) is 3.74. The summed E-state index contributed by atoms with van der Waals surface area (Å²) in [7, 11) is 0. The third-order valence-electron chi connectivity index (χ3n) is 3.84. The van der Waals surface area contributed by atoms with Crippen LogP contribution in [0.3, 0.4) is 0 Å². The number of ether oxygens (including phenoxy) is 1. The SMILES string of the molecule is CCNC(c1cncc(F)c1)C1OCCc2ccccc21. The van der Waals surface area contributed by atoms with Crippen molar-refractivity contribution in [2.75, 3.05) is 13.2 Å². The van der Waals surface area contributed by atoms with Crippen LogP contribution in [0.1, 0.15) is 35.8 Å². The lowest BCUT2D eigenvalue weighted by Gasteiger charge is -2.33. The van der Waals surface area contributed by atoms with Crippen LogP contribution in [0, 0.1) is 5.82 Å². The Bertz CT molecular complexity index is 617. The maximum absolute atomic E-state index is 13.5. The van der Waals surface area contributed by atoms with Crippen LogP contribution in [0.2, 0.25) is 0 Å². The topological polar surface area (TPSA) is 34.2 Å². The maximum atomic E-state index is 13.5. The van der Waals surface area contributed by atoms with Gasteiger partial charge in [-0.25, -0.2) is 4.39 Å². The van der Waals surface area contributed by atoms with Crippen LogP contribution < -0.4 is 5.32 Å². The molecule has 3 rings (SSSR count). The number of fused-ring (bicyclic) bond motifs is 1. The van der Waals surface area contributed by atoms with Gasteiger partial charge in [-0.15, -0.1) is 0 Å². The van der Waals surface area contributed by atoms with Gasteiger partial charge in [0.2, 0.25) is 0 Å². The van der Waals surface area contributed by atoms with Gasteiger partial charge in [0.1, 0.15) is 11.9 Å². The molecule has 0 radical (unpaired) electrons. The molecule has 0 bridgehead atoms. The highest BCUT2D eigenvalue weighted by Crippen LogP contribution is 2.36. The zero-order valence-corrected chi connectivity index (χ0v) is 12.1. The average molecular weight is 286 g/mol. The molecule has 0 aliphatic carbocycles. The predicted molar refractivity (Wildman–Crippen MR) is 79.5 cm³/mol. The quantitative estimate of drug-likeness (QED) is 0.937. The molecule has 21 heavy (non-hydrogen) atoms. The summed E-state index contributed by atoms with van der Waals surface area (Å²) in [6.45, 7) is 3.50. The van der Waals surface area contributed by atoms with Crippen LogP contribution in [-0.4, -0.2) is 18.1 Å². The first-order valence-corrected chi connectivity index (χ1v) is 7.33. The molecule has 1 aromatic carbocycles. The summed E-state index contributed by atoms with van der Waals surface area (Å²) in [5.41, 5.74) is 3.30. The number of hydrogen-bond donors (Lipinski definition) is 1. The van der Waals surface area contributed by atoms with Crippen molar-refractivity contribution in [3.05, 3.63) is 65.2 Å². The van der Waals surface area contributed by atoms with E-state index in [-0.39, 0.29) is 18.0 Å². The molecular weight excluding hydrogens is 267 g/mol. The minimum Gasteiger partial charge on any atom is -0.371 e. The number of nitrogens with one attached hydrogen (secondary N) is 1. The molecule has 1 aliphatic heterocycles. The van der Waals surface area contributed by atoms with Crippen LogP contribution in [-0.2, 0) is 11.2 Å². The molecule has 1 aliphatic rings. The van der Waals surface area contributed by atoms with Gasteiger partial charge in [0.25, 0.3) is 0 Å². The Morgan fingerprint density at radius 3 is 3.05 bits per heavy atom. The Morgan fingerprint density at radius 1 is 1.38 bits per heavy atom. The lowest BCUT2D eigenvalue weighted by molar-refractivity contribution is 0.0150. The van der Waals surface area contributed by atoms with Crippen molar-refractivity contribution in [3.8, 4) is 0 Å². The van der Waals surface area contributed by atoms with Crippen LogP contribution in [0.4, 0.5) is 4.39 Å². The highest BCUT2D eigenvalue weighted by Gasteiger charge is 2.29. The Balaban J connectivity index is 1.99. The smallest absolute Gasteiger partial charge is 0.141 e. The van der Waals surface area contributed by atoms with E-state index in [0.29, 0.717) is 6.61 Å². The summed E-state index contributed by atoms with van der Waals surface area (Å²) in [4.78, 5) is 3.97. The van der Waals surface area contributed by atoms with E-state index in [9.17, 15) is 4.39 Å². The molecule has 2 aromatic rings. The molecule has 4 heteroatoms. The summed E-state index contributed by atoms with van der Waals surface area (Å²) in [5.74, 6) is -0.320. The van der Waals surface area contributed by atoms with Gasteiger partial charge in [0.15, 0.2) is 0 Å². The molecule has 0 amide bonds. The van der Waals surface area contributed by atoms with Gasteiger partial charge >= 0.3 is 0 Å². The molecule has 2 heterocycles. The van der Waals surface area contributed by atoms with E-state index < -0.39 is 0 Å². The van der Waals surface area contributed by atoms with E-state index in [4.69, 9.17) is 4.74 Å². The van der Waals surface area contributed by atoms with Crippen molar-refractivity contribution in [2.24, 2.45) is 0 Å². The van der Waals surface area contributed by atoms with E-state index in [1.54, 1.807) is 6.20 Å². The molecule has 3 nitrogen and oxygen atoms in total. The first-order valence-electron chi connectivity index (χ1n) is 7.33. The first kappa shape index (κ1) is 14.2. The summed E-state index contributed by atoms with van der Waals surface area (Å²) in [5, 5.41) is 3.41. The predicted octanol–water partition coefficient (Wildman–Crippen LogP) is 3.19. The van der Waals surface area contributed by atoms with Crippen molar-refractivity contribution >= 4 is 0 Å². The van der Waals surface area contributed by atoms with E-state index in [0.717, 1.165) is 18.5 Å². The van der Waals surface area contributed by atoms with E-state index in [1.807, 2.05) is 19.1 Å². The van der Waals surface area contributed by atoms with E-state index in [2.05, 4.69) is 22.4 Å². The number of pyridine rings is 1. The van der Waals surface area contributed by atoms with Crippen molar-refractivity contribution in [3.63, 3.8) is 0 Å². The molecule has 0 saturated heterocycles. The number of nitrogens with zero attached hydrogens (tertiary/aromatic N) is 1. The monoisotopic (exact) mass is 286 g/mol. The number of aromatic nitrogens is 1. The van der Waals surface area contributed by atoms with Gasteiger partial charge < -0.3 is 10.1 Å². The minimum absolute atomic E-state index is 0.0975. The van der Waals surface area contributed by atoms with Crippen LogP contribution in [0.15, 0.2) is 42.7 Å². The lowest BCUT2D eigenvalue weighted by Crippen LogP contribution is -2.31. The highest BCUT2D eigenvalue weighted by atomic mass is 19.1. The van der Waals surface area contributed by atoms with Gasteiger partial charge in [-0.1, -0.05) is 31.2 Å². The Kier molecular flexibility index (Phi) is 4.27. The normalized spacial score (nSPS) is 19.0. The average Bonchev–Trinajstić information content (AvgIpc) is 2.52. The second-order valence-electron chi connectivity index (χ2n) is 5.21. The molecule has 0 saturated carbocycles. The molecule has 110 valence electrons. The second kappa shape index (κ2) is 6.33. The van der Waals surface area contributed by atoms with Gasteiger partial charge in [0.05, 0.1) is 18.8 Å². The summed E-state index contributed by atoms with van der Waals surface area (Å²) < 4.78 is 19.5. The number of rotatable bonds is 4. The Labute approximate surface area is 124 Å². The maximum Gasteiger partial charge on any atom is 0.141 e.